The van der Waals surface area contributed by atoms with Crippen molar-refractivity contribution in [1.82, 2.24) is 5.32 Å². The molecule has 0 bridgehead atoms. The summed E-state index contributed by atoms with van der Waals surface area (Å²) < 4.78 is 9.91. The minimum absolute atomic E-state index is 0. The summed E-state index contributed by atoms with van der Waals surface area (Å²) >= 11 is 0. The predicted octanol–water partition coefficient (Wildman–Crippen LogP) is 0.348. The zero-order chi connectivity index (χ0) is 9.19. The monoisotopic (exact) mass is 209 g/mol. The second kappa shape index (κ2) is 4.79. The van der Waals surface area contributed by atoms with Gasteiger partial charge in [0.2, 0.25) is 0 Å². The van der Waals surface area contributed by atoms with E-state index in [0.29, 0.717) is 0 Å². The van der Waals surface area contributed by atoms with Gasteiger partial charge in [0.25, 0.3) is 0 Å². The second-order valence-electron chi connectivity index (χ2n) is 3.01. The van der Waals surface area contributed by atoms with Crippen molar-refractivity contribution >= 4 is 18.4 Å². The molecule has 0 saturated heterocycles. The molecule has 0 heterocycles. The van der Waals surface area contributed by atoms with Crippen molar-refractivity contribution in [3.63, 3.8) is 0 Å². The summed E-state index contributed by atoms with van der Waals surface area (Å²) in [6.45, 7) is 0. The molecular weight excluding hydrogens is 194 g/mol. The van der Waals surface area contributed by atoms with E-state index in [0.717, 1.165) is 12.8 Å². The van der Waals surface area contributed by atoms with Crippen molar-refractivity contribution in [2.75, 3.05) is 21.3 Å². The Morgan fingerprint density at radius 2 is 2.00 bits per heavy atom. The first-order valence-corrected chi connectivity index (χ1v) is 4.00. The number of rotatable bonds is 4. The van der Waals surface area contributed by atoms with Gasteiger partial charge in [0.1, 0.15) is 6.04 Å². The lowest BCUT2D eigenvalue weighted by Crippen LogP contribution is -2.47. The van der Waals surface area contributed by atoms with Crippen LogP contribution in [0.15, 0.2) is 0 Å². The van der Waals surface area contributed by atoms with Crippen LogP contribution >= 0.6 is 12.4 Å². The quantitative estimate of drug-likeness (QED) is 0.679. The van der Waals surface area contributed by atoms with E-state index in [2.05, 4.69) is 10.1 Å². The summed E-state index contributed by atoms with van der Waals surface area (Å²) in [5.74, 6) is -0.253. The summed E-state index contributed by atoms with van der Waals surface area (Å²) in [6.07, 6.45) is 1.84. The number of ether oxygens (including phenoxy) is 2. The Bertz CT molecular complexity index is 182. The van der Waals surface area contributed by atoms with Crippen molar-refractivity contribution in [3.05, 3.63) is 0 Å². The number of carbonyl (C=O) groups is 1. The first-order valence-electron chi connectivity index (χ1n) is 4.00. The molecule has 1 saturated carbocycles. The Morgan fingerprint density at radius 3 is 2.23 bits per heavy atom. The van der Waals surface area contributed by atoms with Crippen molar-refractivity contribution in [3.8, 4) is 0 Å². The van der Waals surface area contributed by atoms with E-state index in [1.165, 1.54) is 7.11 Å². The molecule has 1 fully saturated rings. The number of likely N-dealkylation sites (N-methyl/N-ethyl adjacent to an activating group) is 1. The van der Waals surface area contributed by atoms with Gasteiger partial charge >= 0.3 is 5.97 Å². The van der Waals surface area contributed by atoms with Crippen LogP contribution in [-0.4, -0.2) is 38.9 Å². The van der Waals surface area contributed by atoms with Gasteiger partial charge in [-0.2, -0.15) is 0 Å². The first kappa shape index (κ1) is 12.7. The van der Waals surface area contributed by atoms with Crippen LogP contribution in [0.3, 0.4) is 0 Å². The van der Waals surface area contributed by atoms with Gasteiger partial charge in [0.05, 0.1) is 12.7 Å². The molecule has 78 valence electrons. The first-order chi connectivity index (χ1) is 5.70. The number of hydrogen-bond donors (Lipinski definition) is 1. The molecule has 0 aromatic rings. The minimum atomic E-state index is -0.326. The van der Waals surface area contributed by atoms with Gasteiger partial charge < -0.3 is 14.8 Å². The van der Waals surface area contributed by atoms with Crippen molar-refractivity contribution < 1.29 is 14.3 Å². The SMILES string of the molecule is CN[C@H](C(=O)OC)C1(OC)CC1.Cl. The Kier molecular flexibility index (Phi) is 4.67. The van der Waals surface area contributed by atoms with E-state index in [1.807, 2.05) is 0 Å². The number of hydrogen-bond acceptors (Lipinski definition) is 4. The van der Waals surface area contributed by atoms with E-state index >= 15 is 0 Å². The summed E-state index contributed by atoms with van der Waals surface area (Å²) in [5.41, 5.74) is -0.304. The maximum Gasteiger partial charge on any atom is 0.325 e. The van der Waals surface area contributed by atoms with Gasteiger partial charge in [0.15, 0.2) is 0 Å². The van der Waals surface area contributed by atoms with Gasteiger partial charge in [-0.15, -0.1) is 12.4 Å². The molecule has 1 aliphatic rings. The van der Waals surface area contributed by atoms with E-state index in [9.17, 15) is 4.79 Å². The van der Waals surface area contributed by atoms with Crippen LogP contribution in [0.2, 0.25) is 0 Å². The topological polar surface area (TPSA) is 47.6 Å². The Morgan fingerprint density at radius 1 is 1.46 bits per heavy atom. The molecule has 1 N–H and O–H groups in total. The van der Waals surface area contributed by atoms with Crippen LogP contribution < -0.4 is 5.32 Å². The Hall–Kier alpha value is -0.320. The van der Waals surface area contributed by atoms with Crippen molar-refractivity contribution in [1.29, 1.82) is 0 Å². The molecule has 13 heavy (non-hydrogen) atoms. The molecule has 5 heteroatoms. The molecule has 0 radical (unpaired) electrons. The summed E-state index contributed by atoms with van der Waals surface area (Å²) in [6, 6.07) is -0.326. The predicted molar refractivity (Wildman–Crippen MR) is 51.1 cm³/mol. The fourth-order valence-electron chi connectivity index (χ4n) is 1.45. The molecule has 0 aromatic carbocycles. The normalized spacial score (nSPS) is 19.9. The molecule has 4 nitrogen and oxygen atoms in total. The molecular formula is C8H16ClNO3. The molecule has 1 atom stereocenters. The highest BCUT2D eigenvalue weighted by Gasteiger charge is 2.53. The average Bonchev–Trinajstić information content (AvgIpc) is 2.87. The number of carbonyl (C=O) groups excluding carboxylic acids is 1. The fraction of sp³-hybridized carbons (Fsp3) is 0.875. The standard InChI is InChI=1S/C8H15NO3.ClH/c1-9-6(7(10)11-2)8(12-3)4-5-8;/h6,9H,4-5H2,1-3H3;1H/t6-;/m1./s1. The zero-order valence-corrected chi connectivity index (χ0v) is 8.94. The number of esters is 1. The summed E-state index contributed by atoms with van der Waals surface area (Å²) in [5, 5.41) is 2.91. The molecule has 1 rings (SSSR count). The summed E-state index contributed by atoms with van der Waals surface area (Å²) in [7, 11) is 4.75. The number of methoxy groups -OCH3 is 2. The highest BCUT2D eigenvalue weighted by atomic mass is 35.5. The van der Waals surface area contributed by atoms with E-state index < -0.39 is 0 Å². The van der Waals surface area contributed by atoms with Crippen LogP contribution in [0.5, 0.6) is 0 Å². The molecule has 0 amide bonds. The fourth-order valence-corrected chi connectivity index (χ4v) is 1.45. The number of halogens is 1. The van der Waals surface area contributed by atoms with Crippen LogP contribution in [-0.2, 0) is 14.3 Å². The van der Waals surface area contributed by atoms with Crippen molar-refractivity contribution in [2.45, 2.75) is 24.5 Å². The van der Waals surface area contributed by atoms with Crippen LogP contribution in [0.4, 0.5) is 0 Å². The lowest BCUT2D eigenvalue weighted by Gasteiger charge is -2.22. The molecule has 0 aromatic heterocycles. The van der Waals surface area contributed by atoms with Gasteiger partial charge in [-0.05, 0) is 19.9 Å². The third kappa shape index (κ3) is 2.33. The highest BCUT2D eigenvalue weighted by Crippen LogP contribution is 2.42. The third-order valence-corrected chi connectivity index (χ3v) is 2.40. The Labute approximate surface area is 84.4 Å². The smallest absolute Gasteiger partial charge is 0.325 e. The van der Waals surface area contributed by atoms with E-state index in [-0.39, 0.29) is 30.0 Å². The van der Waals surface area contributed by atoms with Gasteiger partial charge in [-0.25, -0.2) is 0 Å². The maximum atomic E-state index is 11.2. The average molecular weight is 210 g/mol. The molecule has 0 spiro atoms. The zero-order valence-electron chi connectivity index (χ0n) is 8.12. The van der Waals surface area contributed by atoms with E-state index in [1.54, 1.807) is 14.2 Å². The van der Waals surface area contributed by atoms with Crippen LogP contribution in [0.25, 0.3) is 0 Å². The van der Waals surface area contributed by atoms with Crippen LogP contribution in [0, 0.1) is 0 Å². The summed E-state index contributed by atoms with van der Waals surface area (Å²) in [4.78, 5) is 11.2. The van der Waals surface area contributed by atoms with E-state index in [4.69, 9.17) is 4.74 Å². The minimum Gasteiger partial charge on any atom is -0.468 e. The maximum absolute atomic E-state index is 11.2. The molecule has 0 unspecified atom stereocenters. The second-order valence-corrected chi connectivity index (χ2v) is 3.01. The highest BCUT2D eigenvalue weighted by molar-refractivity contribution is 5.85. The Balaban J connectivity index is 0.00000144. The molecule has 1 aliphatic carbocycles. The number of nitrogens with one attached hydrogen (secondary N) is 1. The van der Waals surface area contributed by atoms with Gasteiger partial charge in [-0.3, -0.25) is 4.79 Å². The lowest BCUT2D eigenvalue weighted by molar-refractivity contribution is -0.147. The molecule has 0 aliphatic heterocycles. The third-order valence-electron chi connectivity index (χ3n) is 2.40. The van der Waals surface area contributed by atoms with Gasteiger partial charge in [-0.1, -0.05) is 0 Å². The van der Waals surface area contributed by atoms with Crippen molar-refractivity contribution in [2.24, 2.45) is 0 Å². The lowest BCUT2D eigenvalue weighted by atomic mass is 10.1. The van der Waals surface area contributed by atoms with Gasteiger partial charge in [0, 0.05) is 7.11 Å². The van der Waals surface area contributed by atoms with Crippen LogP contribution in [0.1, 0.15) is 12.8 Å². The largest absolute Gasteiger partial charge is 0.468 e.